The van der Waals surface area contributed by atoms with Crippen molar-refractivity contribution in [2.75, 3.05) is 0 Å². The summed E-state index contributed by atoms with van der Waals surface area (Å²) in [6.45, 7) is -2.87. The first kappa shape index (κ1) is 17.3. The van der Waals surface area contributed by atoms with Gasteiger partial charge in [-0.3, -0.25) is 9.59 Å². The van der Waals surface area contributed by atoms with Crippen molar-refractivity contribution < 1.29 is 28.2 Å². The summed E-state index contributed by atoms with van der Waals surface area (Å²) in [4.78, 5) is 24.3. The summed E-state index contributed by atoms with van der Waals surface area (Å²) in [7, 11) is 0. The van der Waals surface area contributed by atoms with Gasteiger partial charge >= 0.3 is 12.6 Å². The Labute approximate surface area is 146 Å². The molecule has 0 spiro atoms. The van der Waals surface area contributed by atoms with Crippen LogP contribution in [0.5, 0.6) is 5.75 Å². The number of hydrogen-bond donors (Lipinski definition) is 2. The van der Waals surface area contributed by atoms with Crippen LogP contribution in [0, 0.1) is 5.92 Å². The number of thiophene rings is 1. The van der Waals surface area contributed by atoms with Crippen molar-refractivity contribution >= 4 is 23.2 Å². The van der Waals surface area contributed by atoms with Crippen molar-refractivity contribution in [3.63, 3.8) is 0 Å². The molecule has 1 fully saturated rings. The molecule has 2 aromatic rings. The lowest BCUT2D eigenvalue weighted by Gasteiger charge is -2.32. The Morgan fingerprint density at radius 3 is 2.44 bits per heavy atom. The molecule has 2 N–H and O–H groups in total. The maximum Gasteiger partial charge on any atom is 0.387 e. The Hall–Kier alpha value is -2.48. The van der Waals surface area contributed by atoms with E-state index >= 15 is 0 Å². The molecule has 1 aromatic carbocycles. The van der Waals surface area contributed by atoms with Crippen LogP contribution in [0.15, 0.2) is 36.4 Å². The van der Waals surface area contributed by atoms with E-state index in [0.29, 0.717) is 17.7 Å². The fourth-order valence-electron chi connectivity index (χ4n) is 2.61. The van der Waals surface area contributed by atoms with Crippen LogP contribution in [0.4, 0.5) is 8.78 Å². The van der Waals surface area contributed by atoms with Gasteiger partial charge in [0.25, 0.3) is 5.91 Å². The first-order chi connectivity index (χ1) is 11.9. The van der Waals surface area contributed by atoms with Gasteiger partial charge in [0, 0.05) is 10.9 Å². The first-order valence-electron chi connectivity index (χ1n) is 7.61. The topological polar surface area (TPSA) is 75.6 Å². The molecule has 3 rings (SSSR count). The Balaban J connectivity index is 1.60. The fraction of sp³-hybridized carbons (Fsp3) is 0.294. The van der Waals surface area contributed by atoms with E-state index < -0.39 is 12.6 Å². The van der Waals surface area contributed by atoms with Gasteiger partial charge in [-0.05, 0) is 54.8 Å². The highest BCUT2D eigenvalue weighted by Crippen LogP contribution is 2.31. The fourth-order valence-corrected chi connectivity index (χ4v) is 3.52. The van der Waals surface area contributed by atoms with E-state index in [4.69, 9.17) is 5.11 Å². The molecule has 1 heterocycles. The van der Waals surface area contributed by atoms with Crippen molar-refractivity contribution in [2.45, 2.75) is 25.5 Å². The Bertz CT molecular complexity index is 769. The number of benzene rings is 1. The molecule has 1 aromatic heterocycles. The number of aliphatic carboxylic acids is 1. The Kier molecular flexibility index (Phi) is 4.98. The third-order valence-electron chi connectivity index (χ3n) is 4.02. The van der Waals surface area contributed by atoms with Gasteiger partial charge in [-0.2, -0.15) is 8.78 Å². The van der Waals surface area contributed by atoms with Crippen LogP contribution in [0.3, 0.4) is 0 Å². The normalized spacial score (nSPS) is 19.3. The second-order valence-electron chi connectivity index (χ2n) is 5.74. The van der Waals surface area contributed by atoms with Gasteiger partial charge in [0.15, 0.2) is 0 Å². The molecule has 0 radical (unpaired) electrons. The number of carbonyl (C=O) groups is 2. The monoisotopic (exact) mass is 367 g/mol. The number of rotatable bonds is 6. The van der Waals surface area contributed by atoms with Gasteiger partial charge in [-0.1, -0.05) is 0 Å². The molecule has 132 valence electrons. The van der Waals surface area contributed by atoms with E-state index in [1.54, 1.807) is 24.3 Å². The highest BCUT2D eigenvalue weighted by atomic mass is 32.1. The lowest BCUT2D eigenvalue weighted by Crippen LogP contribution is -2.46. The molecule has 1 amide bonds. The quantitative estimate of drug-likeness (QED) is 0.818. The molecule has 1 aliphatic carbocycles. The number of alkyl halides is 2. The second-order valence-corrected chi connectivity index (χ2v) is 6.83. The van der Waals surface area contributed by atoms with E-state index in [-0.39, 0.29) is 23.6 Å². The summed E-state index contributed by atoms with van der Waals surface area (Å²) in [5.74, 6) is -1.37. The van der Waals surface area contributed by atoms with E-state index in [2.05, 4.69) is 10.1 Å². The predicted molar refractivity (Wildman–Crippen MR) is 88.0 cm³/mol. The number of carboxylic acids is 1. The SMILES string of the molecule is O=C(NC1CC(C(=O)O)C1)c1ccc(-c2ccc(OC(F)F)cc2)s1. The van der Waals surface area contributed by atoms with Crippen LogP contribution in [-0.2, 0) is 4.79 Å². The smallest absolute Gasteiger partial charge is 0.387 e. The molecule has 0 unspecified atom stereocenters. The zero-order valence-corrected chi connectivity index (χ0v) is 13.8. The van der Waals surface area contributed by atoms with Crippen LogP contribution < -0.4 is 10.1 Å². The maximum atomic E-state index is 12.2. The number of ether oxygens (including phenoxy) is 1. The van der Waals surface area contributed by atoms with Gasteiger partial charge in [0.1, 0.15) is 5.75 Å². The minimum Gasteiger partial charge on any atom is -0.481 e. The minimum absolute atomic E-state index is 0.0752. The zero-order chi connectivity index (χ0) is 18.0. The van der Waals surface area contributed by atoms with E-state index in [1.807, 2.05) is 0 Å². The summed E-state index contributed by atoms with van der Waals surface area (Å²) in [6.07, 6.45) is 0.899. The number of halogens is 2. The highest BCUT2D eigenvalue weighted by Gasteiger charge is 2.35. The van der Waals surface area contributed by atoms with E-state index in [1.165, 1.54) is 23.5 Å². The van der Waals surface area contributed by atoms with Crippen LogP contribution in [-0.4, -0.2) is 29.6 Å². The molecule has 1 aliphatic rings. The van der Waals surface area contributed by atoms with Gasteiger partial charge in [-0.15, -0.1) is 11.3 Å². The summed E-state index contributed by atoms with van der Waals surface area (Å²) < 4.78 is 28.6. The number of hydrogen-bond acceptors (Lipinski definition) is 4. The van der Waals surface area contributed by atoms with Gasteiger partial charge < -0.3 is 15.2 Å². The molecule has 25 heavy (non-hydrogen) atoms. The number of carbonyl (C=O) groups excluding carboxylic acids is 1. The van der Waals surface area contributed by atoms with Gasteiger partial charge in [0.2, 0.25) is 0 Å². The molecule has 1 saturated carbocycles. The van der Waals surface area contributed by atoms with E-state index in [9.17, 15) is 18.4 Å². The summed E-state index contributed by atoms with van der Waals surface area (Å²) in [5.41, 5.74) is 0.792. The Morgan fingerprint density at radius 1 is 1.16 bits per heavy atom. The second kappa shape index (κ2) is 7.18. The molecule has 8 heteroatoms. The van der Waals surface area contributed by atoms with Crippen molar-refractivity contribution in [2.24, 2.45) is 5.92 Å². The minimum atomic E-state index is -2.87. The van der Waals surface area contributed by atoms with Gasteiger partial charge in [0.05, 0.1) is 10.8 Å². The highest BCUT2D eigenvalue weighted by molar-refractivity contribution is 7.17. The van der Waals surface area contributed by atoms with E-state index in [0.717, 1.165) is 10.4 Å². The molecule has 0 bridgehead atoms. The standard InChI is InChI=1S/C17H15F2NO4S/c18-17(19)24-12-3-1-9(2-4-12)13-5-6-14(25-13)15(21)20-11-7-10(8-11)16(22)23/h1-6,10-11,17H,7-8H2,(H,20,21)(H,22,23). The average Bonchev–Trinajstić information content (AvgIpc) is 3.00. The van der Waals surface area contributed by atoms with Crippen molar-refractivity contribution in [3.05, 3.63) is 41.3 Å². The largest absolute Gasteiger partial charge is 0.481 e. The molecule has 0 atom stereocenters. The van der Waals surface area contributed by atoms with Crippen LogP contribution >= 0.6 is 11.3 Å². The summed E-state index contributed by atoms with van der Waals surface area (Å²) >= 11 is 1.28. The average molecular weight is 367 g/mol. The summed E-state index contributed by atoms with van der Waals surface area (Å²) in [6, 6.07) is 9.55. The lowest BCUT2D eigenvalue weighted by atomic mass is 9.80. The van der Waals surface area contributed by atoms with Crippen molar-refractivity contribution in [1.82, 2.24) is 5.32 Å². The molecule has 0 aliphatic heterocycles. The number of carboxylic acid groups (broad SMARTS) is 1. The van der Waals surface area contributed by atoms with Crippen LogP contribution in [0.25, 0.3) is 10.4 Å². The van der Waals surface area contributed by atoms with Gasteiger partial charge in [-0.25, -0.2) is 0 Å². The predicted octanol–water partition coefficient (Wildman–Crippen LogP) is 3.61. The molecule has 5 nitrogen and oxygen atoms in total. The maximum absolute atomic E-state index is 12.2. The number of nitrogens with one attached hydrogen (secondary N) is 1. The number of amides is 1. The van der Waals surface area contributed by atoms with Crippen LogP contribution in [0.2, 0.25) is 0 Å². The third kappa shape index (κ3) is 4.14. The van der Waals surface area contributed by atoms with Crippen molar-refractivity contribution in [1.29, 1.82) is 0 Å². The first-order valence-corrected chi connectivity index (χ1v) is 8.43. The molecule has 0 saturated heterocycles. The Morgan fingerprint density at radius 2 is 1.84 bits per heavy atom. The summed E-state index contributed by atoms with van der Waals surface area (Å²) in [5, 5.41) is 11.7. The van der Waals surface area contributed by atoms with Crippen LogP contribution in [0.1, 0.15) is 22.5 Å². The molecular weight excluding hydrogens is 352 g/mol. The third-order valence-corrected chi connectivity index (χ3v) is 5.15. The molecular formula is C17H15F2NO4S. The van der Waals surface area contributed by atoms with Crippen molar-refractivity contribution in [3.8, 4) is 16.2 Å². The lowest BCUT2D eigenvalue weighted by molar-refractivity contribution is -0.145. The zero-order valence-electron chi connectivity index (χ0n) is 12.9.